The Labute approximate surface area is 294 Å². The zero-order chi connectivity index (χ0) is 32.8. The summed E-state index contributed by atoms with van der Waals surface area (Å²) < 4.78 is 5.27. The van der Waals surface area contributed by atoms with E-state index < -0.39 is 0 Å². The summed E-state index contributed by atoms with van der Waals surface area (Å²) in [5, 5.41) is 19.7. The molecule has 0 aliphatic heterocycles. The van der Waals surface area contributed by atoms with Gasteiger partial charge in [-0.2, -0.15) is 4.80 Å². The summed E-state index contributed by atoms with van der Waals surface area (Å²) >= 11 is 3.75. The third kappa shape index (κ3) is 4.22. The minimum atomic E-state index is 0.880. The van der Waals surface area contributed by atoms with E-state index in [2.05, 4.69) is 138 Å². The maximum absolute atomic E-state index is 4.73. The summed E-state index contributed by atoms with van der Waals surface area (Å²) in [6.07, 6.45) is 0. The minimum absolute atomic E-state index is 0.880. The van der Waals surface area contributed by atoms with E-state index in [4.69, 9.17) is 10.2 Å². The van der Waals surface area contributed by atoms with Crippen LogP contribution in [0.2, 0.25) is 0 Å². The second-order valence-corrected chi connectivity index (χ2v) is 14.8. The third-order valence-electron chi connectivity index (χ3n) is 9.83. The van der Waals surface area contributed by atoms with Crippen LogP contribution in [0.4, 0.5) is 17.1 Å². The molecule has 0 bridgehead atoms. The summed E-state index contributed by atoms with van der Waals surface area (Å²) in [4.78, 5) is 4.11. The molecule has 11 rings (SSSR count). The number of rotatable bonds is 4. The predicted octanol–water partition coefficient (Wildman–Crippen LogP) is 12.9. The van der Waals surface area contributed by atoms with Crippen molar-refractivity contribution in [3.63, 3.8) is 0 Å². The molecule has 6 heteroatoms. The van der Waals surface area contributed by atoms with Gasteiger partial charge in [-0.3, -0.25) is 0 Å². The fourth-order valence-corrected chi connectivity index (χ4v) is 9.87. The normalized spacial score (nSPS) is 12.0. The predicted molar refractivity (Wildman–Crippen MR) is 214 cm³/mol. The molecule has 4 nitrogen and oxygen atoms in total. The van der Waals surface area contributed by atoms with Crippen molar-refractivity contribution in [2.75, 3.05) is 4.90 Å². The minimum Gasteiger partial charge on any atom is -0.310 e. The van der Waals surface area contributed by atoms with Crippen molar-refractivity contribution in [1.82, 2.24) is 15.0 Å². The van der Waals surface area contributed by atoms with Crippen molar-refractivity contribution in [2.45, 2.75) is 0 Å². The van der Waals surface area contributed by atoms with E-state index in [-0.39, 0.29) is 0 Å². The molecule has 0 unspecified atom stereocenters. The lowest BCUT2D eigenvalue weighted by Gasteiger charge is -2.26. The number of benzene rings is 8. The quantitative estimate of drug-likeness (QED) is 0.186. The van der Waals surface area contributed by atoms with Crippen molar-refractivity contribution < 1.29 is 0 Å². The Morgan fingerprint density at radius 3 is 1.40 bits per heavy atom. The molecule has 11 aromatic rings. The van der Waals surface area contributed by atoms with Crippen molar-refractivity contribution >= 4 is 113 Å². The Bertz CT molecular complexity index is 2930. The van der Waals surface area contributed by atoms with Crippen LogP contribution in [0.5, 0.6) is 0 Å². The van der Waals surface area contributed by atoms with E-state index in [1.54, 1.807) is 4.80 Å². The maximum atomic E-state index is 4.73. The van der Waals surface area contributed by atoms with E-state index in [1.165, 1.54) is 61.9 Å². The molecule has 0 N–H and O–H groups in total. The van der Waals surface area contributed by atoms with Gasteiger partial charge in [-0.05, 0) is 83.6 Å². The SMILES string of the molecule is c1ccc2nn(-c3ccc(N(c4ccc5ccc6c7ccccc7sc6c5c4)c4ccc5ccc6c7ccccc7sc6c5c4)cc3)nc2c1. The van der Waals surface area contributed by atoms with Gasteiger partial charge in [0.05, 0.1) is 5.69 Å². The van der Waals surface area contributed by atoms with E-state index in [0.717, 1.165) is 33.8 Å². The molecule has 0 radical (unpaired) electrons. The topological polar surface area (TPSA) is 34.0 Å². The maximum Gasteiger partial charge on any atom is 0.113 e. The fraction of sp³-hybridized carbons (Fsp3) is 0. The highest BCUT2D eigenvalue weighted by Gasteiger charge is 2.18. The second kappa shape index (κ2) is 10.7. The van der Waals surface area contributed by atoms with Crippen LogP contribution in [0.3, 0.4) is 0 Å². The Kier molecular flexibility index (Phi) is 5.96. The molecule has 0 amide bonds. The highest BCUT2D eigenvalue weighted by molar-refractivity contribution is 7.27. The van der Waals surface area contributed by atoms with E-state index in [9.17, 15) is 0 Å². The van der Waals surface area contributed by atoms with E-state index >= 15 is 0 Å². The molecule has 0 atom stereocenters. The molecule has 0 spiro atoms. The number of anilines is 3. The van der Waals surface area contributed by atoms with Gasteiger partial charge in [-0.25, -0.2) is 0 Å². The first-order chi connectivity index (χ1) is 24.7. The largest absolute Gasteiger partial charge is 0.310 e. The van der Waals surface area contributed by atoms with Crippen LogP contribution in [0.15, 0.2) is 158 Å². The van der Waals surface area contributed by atoms with Gasteiger partial charge >= 0.3 is 0 Å². The van der Waals surface area contributed by atoms with Crippen LogP contribution >= 0.6 is 22.7 Å². The van der Waals surface area contributed by atoms with Crippen LogP contribution in [0.25, 0.3) is 78.6 Å². The molecule has 8 aromatic carbocycles. The number of fused-ring (bicyclic) bond motifs is 11. The standard InChI is InChI=1S/C44H26N4S2/c1-5-11-41-33(7-1)35-23-15-27-13-17-31(25-37(27)43(35)49-41)47(29-19-21-30(22-20-29)48-45-39-9-3-4-10-40(39)46-48)32-18-14-28-16-24-36-34-8-2-6-12-42(34)50-44(36)38(28)26-32/h1-26H. The lowest BCUT2D eigenvalue weighted by molar-refractivity contribution is 0.766. The molecule has 3 aromatic heterocycles. The number of aromatic nitrogens is 3. The number of nitrogens with zero attached hydrogens (tertiary/aromatic N) is 4. The van der Waals surface area contributed by atoms with Gasteiger partial charge in [0.1, 0.15) is 11.0 Å². The van der Waals surface area contributed by atoms with Crippen molar-refractivity contribution in [3.05, 3.63) is 158 Å². The molecule has 50 heavy (non-hydrogen) atoms. The lowest BCUT2D eigenvalue weighted by atomic mass is 10.0. The molecule has 0 aliphatic carbocycles. The van der Waals surface area contributed by atoms with Gasteiger partial charge in [-0.15, -0.1) is 32.9 Å². The molecule has 0 saturated heterocycles. The highest BCUT2D eigenvalue weighted by atomic mass is 32.1. The van der Waals surface area contributed by atoms with E-state index in [1.807, 2.05) is 46.9 Å². The molecular formula is C44H26N4S2. The summed E-state index contributed by atoms with van der Waals surface area (Å²) in [6, 6.07) is 56.8. The first-order valence-electron chi connectivity index (χ1n) is 16.7. The van der Waals surface area contributed by atoms with Crippen molar-refractivity contribution in [2.24, 2.45) is 0 Å². The first-order valence-corrected chi connectivity index (χ1v) is 18.3. The zero-order valence-corrected chi connectivity index (χ0v) is 28.2. The summed E-state index contributed by atoms with van der Waals surface area (Å²) in [7, 11) is 0. The Hall–Kier alpha value is -6.08. The number of thiophene rings is 2. The fourth-order valence-electron chi connectivity index (χ4n) is 7.42. The van der Waals surface area contributed by atoms with Gasteiger partial charge in [0, 0.05) is 68.2 Å². The molecule has 0 saturated carbocycles. The first kappa shape index (κ1) is 27.8. The second-order valence-electron chi connectivity index (χ2n) is 12.7. The van der Waals surface area contributed by atoms with E-state index in [0.29, 0.717) is 0 Å². The van der Waals surface area contributed by atoms with Gasteiger partial charge in [0.15, 0.2) is 0 Å². The Balaban J connectivity index is 1.13. The molecule has 234 valence electrons. The molecule has 0 fully saturated rings. The van der Waals surface area contributed by atoms with Crippen LogP contribution in [0.1, 0.15) is 0 Å². The summed E-state index contributed by atoms with van der Waals surface area (Å²) in [5.41, 5.74) is 5.97. The van der Waals surface area contributed by atoms with Crippen LogP contribution in [-0.2, 0) is 0 Å². The molecule has 3 heterocycles. The third-order valence-corrected chi connectivity index (χ3v) is 12.3. The van der Waals surface area contributed by atoms with Gasteiger partial charge < -0.3 is 4.90 Å². The monoisotopic (exact) mass is 674 g/mol. The van der Waals surface area contributed by atoms with Crippen molar-refractivity contribution in [3.8, 4) is 5.69 Å². The smallest absolute Gasteiger partial charge is 0.113 e. The Morgan fingerprint density at radius 1 is 0.400 bits per heavy atom. The number of hydrogen-bond acceptors (Lipinski definition) is 5. The van der Waals surface area contributed by atoms with Crippen LogP contribution in [0, 0.1) is 0 Å². The molecular weight excluding hydrogens is 649 g/mol. The summed E-state index contributed by atoms with van der Waals surface area (Å²) in [5.74, 6) is 0. The van der Waals surface area contributed by atoms with Gasteiger partial charge in [0.25, 0.3) is 0 Å². The highest BCUT2D eigenvalue weighted by Crippen LogP contribution is 2.44. The zero-order valence-electron chi connectivity index (χ0n) is 26.6. The Morgan fingerprint density at radius 2 is 0.860 bits per heavy atom. The summed E-state index contributed by atoms with van der Waals surface area (Å²) in [6.45, 7) is 0. The van der Waals surface area contributed by atoms with Crippen LogP contribution < -0.4 is 4.90 Å². The van der Waals surface area contributed by atoms with Crippen molar-refractivity contribution in [1.29, 1.82) is 0 Å². The van der Waals surface area contributed by atoms with Crippen LogP contribution in [-0.4, -0.2) is 15.0 Å². The average Bonchev–Trinajstić information content (AvgIpc) is 3.89. The lowest BCUT2D eigenvalue weighted by Crippen LogP contribution is -2.10. The number of hydrogen-bond donors (Lipinski definition) is 0. The van der Waals surface area contributed by atoms with Gasteiger partial charge in [0.2, 0.25) is 0 Å². The molecule has 0 aliphatic rings. The van der Waals surface area contributed by atoms with Gasteiger partial charge in [-0.1, -0.05) is 84.9 Å². The average molecular weight is 675 g/mol.